The molecular formula is C23H26F3N5O. The number of nitrogen functional groups attached to an aromatic ring is 1. The fraction of sp³-hybridized carbons (Fsp3) is 0.478. The molecule has 170 valence electrons. The molecule has 6 nitrogen and oxygen atoms in total. The fourth-order valence-electron chi connectivity index (χ4n) is 5.12. The number of anilines is 1. The number of nitrogens with two attached hydrogens (primary N) is 1. The van der Waals surface area contributed by atoms with Gasteiger partial charge in [0.2, 0.25) is 0 Å². The summed E-state index contributed by atoms with van der Waals surface area (Å²) in [6, 6.07) is 10.7. The molecule has 4 heterocycles. The van der Waals surface area contributed by atoms with Crippen LogP contribution in [0.25, 0.3) is 11.0 Å². The Balaban J connectivity index is 0.000000140. The van der Waals surface area contributed by atoms with Crippen LogP contribution in [0.5, 0.6) is 0 Å². The van der Waals surface area contributed by atoms with Crippen LogP contribution in [0.3, 0.4) is 0 Å². The quantitative estimate of drug-likeness (QED) is 0.597. The van der Waals surface area contributed by atoms with Gasteiger partial charge in [0.05, 0.1) is 18.6 Å². The van der Waals surface area contributed by atoms with Gasteiger partial charge in [-0.05, 0) is 36.5 Å². The predicted octanol–water partition coefficient (Wildman–Crippen LogP) is 3.68. The Bertz CT molecular complexity index is 1090. The lowest BCUT2D eigenvalue weighted by Crippen LogP contribution is -2.38. The van der Waals surface area contributed by atoms with Gasteiger partial charge in [-0.2, -0.15) is 13.2 Å². The molecule has 0 saturated carbocycles. The van der Waals surface area contributed by atoms with Crippen LogP contribution < -0.4 is 5.73 Å². The van der Waals surface area contributed by atoms with Gasteiger partial charge in [-0.3, -0.25) is 4.90 Å². The molecule has 0 spiro atoms. The third kappa shape index (κ3) is 4.19. The monoisotopic (exact) mass is 445 g/mol. The molecule has 3 N–H and O–H groups in total. The highest BCUT2D eigenvalue weighted by molar-refractivity contribution is 5.86. The normalized spacial score (nSPS) is 25.3. The molecule has 1 aromatic carbocycles. The van der Waals surface area contributed by atoms with E-state index in [0.717, 1.165) is 43.5 Å². The van der Waals surface area contributed by atoms with Crippen LogP contribution >= 0.6 is 0 Å². The van der Waals surface area contributed by atoms with Gasteiger partial charge in [0.15, 0.2) is 0 Å². The number of alkyl halides is 3. The van der Waals surface area contributed by atoms with Crippen molar-refractivity contribution in [3.8, 4) is 0 Å². The van der Waals surface area contributed by atoms with Crippen LogP contribution in [0.1, 0.15) is 23.2 Å². The van der Waals surface area contributed by atoms with Crippen molar-refractivity contribution in [2.75, 3.05) is 32.0 Å². The number of nitrogens with one attached hydrogen (secondary N) is 1. The molecule has 9 heteroatoms. The number of halogens is 3. The van der Waals surface area contributed by atoms with Crippen molar-refractivity contribution in [1.29, 1.82) is 0 Å². The Morgan fingerprint density at radius 2 is 1.78 bits per heavy atom. The number of hydrogen-bond donors (Lipinski definition) is 2. The summed E-state index contributed by atoms with van der Waals surface area (Å²) in [6.45, 7) is 4.56. The minimum Gasteiger partial charge on any atom is -0.383 e. The predicted molar refractivity (Wildman–Crippen MR) is 115 cm³/mol. The molecule has 3 aromatic rings. The molecule has 6 rings (SSSR count). The smallest absolute Gasteiger partial charge is 0.383 e. The van der Waals surface area contributed by atoms with Crippen molar-refractivity contribution in [3.05, 3.63) is 53.5 Å². The van der Waals surface area contributed by atoms with Crippen LogP contribution in [0.4, 0.5) is 19.0 Å². The zero-order chi connectivity index (χ0) is 22.3. The zero-order valence-corrected chi connectivity index (χ0v) is 17.6. The van der Waals surface area contributed by atoms with Gasteiger partial charge in [-0.1, -0.05) is 24.3 Å². The van der Waals surface area contributed by atoms with Crippen LogP contribution in [-0.2, 0) is 23.8 Å². The summed E-state index contributed by atoms with van der Waals surface area (Å²) in [5, 5.41) is 0.180. The number of aromatic amines is 1. The van der Waals surface area contributed by atoms with Gasteiger partial charge in [-0.15, -0.1) is 0 Å². The lowest BCUT2D eigenvalue weighted by Gasteiger charge is -2.32. The summed E-state index contributed by atoms with van der Waals surface area (Å²) in [5.74, 6) is 1.67. The third-order valence-corrected chi connectivity index (χ3v) is 6.87. The average molecular weight is 445 g/mol. The van der Waals surface area contributed by atoms with Gasteiger partial charge in [-0.25, -0.2) is 9.97 Å². The second kappa shape index (κ2) is 8.37. The molecule has 0 radical (unpaired) electrons. The molecule has 3 atom stereocenters. The summed E-state index contributed by atoms with van der Waals surface area (Å²) >= 11 is 0. The Labute approximate surface area is 184 Å². The van der Waals surface area contributed by atoms with E-state index < -0.39 is 11.9 Å². The Kier molecular flexibility index (Phi) is 5.54. The van der Waals surface area contributed by atoms with Crippen molar-refractivity contribution in [2.24, 2.45) is 11.8 Å². The number of aromatic nitrogens is 3. The van der Waals surface area contributed by atoms with Gasteiger partial charge < -0.3 is 15.5 Å². The standard InChI is InChI=1S/C16H21NO.C7H5F3N4/c1-2-4-13-7-16(6-5-12(13)3-1)17-8-14-10-18-11-15(14)9-17;8-7(9,10)4-1-3-5(11)12-2-13-6(3)14-4/h1-4,14-16H,5-11H2;1-2H,(H3,11,12,13,14). The van der Waals surface area contributed by atoms with Crippen LogP contribution in [-0.4, -0.2) is 52.2 Å². The number of benzene rings is 1. The number of H-pyrrole nitrogens is 1. The molecule has 2 saturated heterocycles. The number of rotatable bonds is 1. The maximum atomic E-state index is 12.2. The van der Waals surface area contributed by atoms with Crippen molar-refractivity contribution >= 4 is 16.9 Å². The highest BCUT2D eigenvalue weighted by atomic mass is 19.4. The maximum Gasteiger partial charge on any atom is 0.431 e. The van der Waals surface area contributed by atoms with Crippen molar-refractivity contribution in [1.82, 2.24) is 19.9 Å². The average Bonchev–Trinajstić information content (AvgIpc) is 3.48. The molecule has 32 heavy (non-hydrogen) atoms. The first-order valence-electron chi connectivity index (χ1n) is 10.9. The number of aryl methyl sites for hydroxylation is 1. The Morgan fingerprint density at radius 3 is 2.47 bits per heavy atom. The number of hydrogen-bond acceptors (Lipinski definition) is 5. The lowest BCUT2D eigenvalue weighted by molar-refractivity contribution is -0.140. The largest absolute Gasteiger partial charge is 0.431 e. The van der Waals surface area contributed by atoms with E-state index in [0.29, 0.717) is 0 Å². The second-order valence-electron chi connectivity index (χ2n) is 8.88. The highest BCUT2D eigenvalue weighted by Crippen LogP contribution is 2.34. The summed E-state index contributed by atoms with van der Waals surface area (Å²) in [5.41, 5.74) is 7.75. The topological polar surface area (TPSA) is 80.1 Å². The second-order valence-corrected chi connectivity index (χ2v) is 8.88. The summed E-state index contributed by atoms with van der Waals surface area (Å²) in [4.78, 5) is 12.1. The maximum absolute atomic E-state index is 12.2. The van der Waals surface area contributed by atoms with E-state index in [4.69, 9.17) is 10.5 Å². The molecular weight excluding hydrogens is 419 g/mol. The summed E-state index contributed by atoms with van der Waals surface area (Å²) in [7, 11) is 0. The first-order chi connectivity index (χ1) is 15.4. The first kappa shape index (κ1) is 21.2. The van der Waals surface area contributed by atoms with Gasteiger partial charge in [0, 0.05) is 31.0 Å². The molecule has 3 unspecified atom stereocenters. The van der Waals surface area contributed by atoms with Crippen molar-refractivity contribution in [2.45, 2.75) is 31.5 Å². The Hall–Kier alpha value is -2.65. The van der Waals surface area contributed by atoms with E-state index >= 15 is 0 Å². The molecule has 2 fully saturated rings. The summed E-state index contributed by atoms with van der Waals surface area (Å²) < 4.78 is 42.3. The van der Waals surface area contributed by atoms with Crippen LogP contribution in [0.15, 0.2) is 36.7 Å². The van der Waals surface area contributed by atoms with Crippen molar-refractivity contribution < 1.29 is 17.9 Å². The van der Waals surface area contributed by atoms with Gasteiger partial charge in [0.1, 0.15) is 23.5 Å². The lowest BCUT2D eigenvalue weighted by atomic mass is 9.87. The molecule has 2 aliphatic heterocycles. The third-order valence-electron chi connectivity index (χ3n) is 6.87. The fourth-order valence-corrected chi connectivity index (χ4v) is 5.12. The number of nitrogens with zero attached hydrogens (tertiary/aromatic N) is 3. The highest BCUT2D eigenvalue weighted by Gasteiger charge is 2.40. The van der Waals surface area contributed by atoms with Crippen LogP contribution in [0, 0.1) is 11.8 Å². The minimum absolute atomic E-state index is 0.0294. The first-order valence-corrected chi connectivity index (χ1v) is 10.9. The molecule has 0 bridgehead atoms. The Morgan fingerprint density at radius 1 is 1.06 bits per heavy atom. The number of fused-ring (bicyclic) bond motifs is 3. The van der Waals surface area contributed by atoms with Crippen LogP contribution in [0.2, 0.25) is 0 Å². The SMILES string of the molecule is Nc1ncnc2[nH]c(C(F)(F)F)cc12.c1ccc2c(c1)CCC(N1CC3COCC3C1)C2. The summed E-state index contributed by atoms with van der Waals surface area (Å²) in [6.07, 6.45) is 0.554. The number of ether oxygens (including phenoxy) is 1. The van der Waals surface area contributed by atoms with Gasteiger partial charge >= 0.3 is 6.18 Å². The minimum atomic E-state index is -4.42. The van der Waals surface area contributed by atoms with Crippen molar-refractivity contribution in [3.63, 3.8) is 0 Å². The molecule has 3 aliphatic rings. The molecule has 1 aliphatic carbocycles. The van der Waals surface area contributed by atoms with E-state index in [1.54, 1.807) is 11.1 Å². The molecule has 2 aromatic heterocycles. The van der Waals surface area contributed by atoms with E-state index in [1.165, 1.54) is 32.4 Å². The van der Waals surface area contributed by atoms with E-state index in [9.17, 15) is 13.2 Å². The zero-order valence-electron chi connectivity index (χ0n) is 17.6. The van der Waals surface area contributed by atoms with E-state index in [-0.39, 0.29) is 16.9 Å². The van der Waals surface area contributed by atoms with E-state index in [2.05, 4.69) is 44.1 Å². The number of likely N-dealkylation sites (tertiary alicyclic amines) is 1. The molecule has 0 amide bonds. The van der Waals surface area contributed by atoms with Gasteiger partial charge in [0.25, 0.3) is 0 Å². The van der Waals surface area contributed by atoms with E-state index in [1.807, 2.05) is 0 Å².